The average Bonchev–Trinajstić information content (AvgIpc) is 3.72. The molecule has 0 saturated carbocycles. The van der Waals surface area contributed by atoms with Crippen LogP contribution in [0.5, 0.6) is 0 Å². The van der Waals surface area contributed by atoms with Gasteiger partial charge in [0, 0.05) is 32.8 Å². The third-order valence-corrected chi connectivity index (χ3v) is 9.13. The molecule has 9 aromatic rings. The third kappa shape index (κ3) is 3.48. The number of thiazole rings is 1. The summed E-state index contributed by atoms with van der Waals surface area (Å²) in [5.74, 6) is 0. The molecule has 0 bridgehead atoms. The van der Waals surface area contributed by atoms with Crippen LogP contribution in [0, 0.1) is 0 Å². The Bertz CT molecular complexity index is 2390. The normalized spacial score (nSPS) is 11.9. The molecule has 0 aliphatic carbocycles. The summed E-state index contributed by atoms with van der Waals surface area (Å²) in [5, 5.41) is 5.83. The lowest BCUT2D eigenvalue weighted by Crippen LogP contribution is -1.93. The maximum atomic E-state index is 6.07. The summed E-state index contributed by atoms with van der Waals surface area (Å²) in [5.41, 5.74) is 9.94. The number of hydrogen-bond donors (Lipinski definition) is 0. The molecule has 0 fully saturated rings. The molecule has 0 radical (unpaired) electrons. The highest BCUT2D eigenvalue weighted by Gasteiger charge is 2.15. The van der Waals surface area contributed by atoms with Crippen molar-refractivity contribution >= 4 is 65.3 Å². The highest BCUT2D eigenvalue weighted by atomic mass is 32.1. The molecule has 9 rings (SSSR count). The molecule has 0 aliphatic heterocycles. The second kappa shape index (κ2) is 8.65. The van der Waals surface area contributed by atoms with Crippen molar-refractivity contribution in [3.8, 4) is 27.4 Å². The first-order chi connectivity index (χ1) is 20.3. The van der Waals surface area contributed by atoms with E-state index in [4.69, 9.17) is 9.40 Å². The zero-order valence-corrected chi connectivity index (χ0v) is 22.7. The summed E-state index contributed by atoms with van der Waals surface area (Å²) in [6.07, 6.45) is 0. The van der Waals surface area contributed by atoms with Gasteiger partial charge in [-0.15, -0.1) is 11.3 Å². The van der Waals surface area contributed by atoms with Crippen LogP contribution in [0.15, 0.2) is 138 Å². The Balaban J connectivity index is 1.18. The van der Waals surface area contributed by atoms with Gasteiger partial charge in [-0.3, -0.25) is 0 Å². The van der Waals surface area contributed by atoms with E-state index in [0.717, 1.165) is 43.7 Å². The van der Waals surface area contributed by atoms with Crippen molar-refractivity contribution in [2.75, 3.05) is 0 Å². The molecule has 4 heteroatoms. The fourth-order valence-corrected chi connectivity index (χ4v) is 7.06. The lowest BCUT2D eigenvalue weighted by Gasteiger charge is -2.09. The van der Waals surface area contributed by atoms with Crippen LogP contribution >= 0.6 is 11.3 Å². The Kier molecular flexibility index (Phi) is 4.77. The number of furan rings is 1. The lowest BCUT2D eigenvalue weighted by molar-refractivity contribution is 0.669. The van der Waals surface area contributed by atoms with Crippen LogP contribution in [0.1, 0.15) is 0 Å². The van der Waals surface area contributed by atoms with E-state index in [1.807, 2.05) is 18.2 Å². The van der Waals surface area contributed by atoms with Gasteiger partial charge >= 0.3 is 0 Å². The van der Waals surface area contributed by atoms with Gasteiger partial charge in [-0.2, -0.15) is 0 Å². The smallest absolute Gasteiger partial charge is 0.135 e. The van der Waals surface area contributed by atoms with Crippen molar-refractivity contribution in [1.82, 2.24) is 9.55 Å². The number of para-hydroxylation sites is 3. The molecule has 0 unspecified atom stereocenters. The second-order valence-electron chi connectivity index (χ2n) is 10.4. The number of rotatable bonds is 3. The molecule has 0 saturated heterocycles. The number of nitrogens with zero attached hydrogens (tertiary/aromatic N) is 2. The Labute approximate surface area is 239 Å². The predicted octanol–water partition coefficient (Wildman–Crippen LogP) is 10.6. The average molecular weight is 543 g/mol. The van der Waals surface area contributed by atoms with Crippen LogP contribution in [0.25, 0.3) is 81.3 Å². The molecule has 3 nitrogen and oxygen atoms in total. The van der Waals surface area contributed by atoms with E-state index in [1.165, 1.54) is 37.6 Å². The maximum Gasteiger partial charge on any atom is 0.135 e. The van der Waals surface area contributed by atoms with Crippen molar-refractivity contribution in [3.63, 3.8) is 0 Å². The van der Waals surface area contributed by atoms with Gasteiger partial charge in [0.05, 0.1) is 21.3 Å². The SMILES string of the molecule is c1ccc2sc(-c3ccc(-n4c5ccccc5c5cc(-c6ccc7oc8ccccc8c7c6)ccc54)cc3)nc2c1. The van der Waals surface area contributed by atoms with Gasteiger partial charge in [0.2, 0.25) is 0 Å². The zero-order valence-electron chi connectivity index (χ0n) is 21.9. The van der Waals surface area contributed by atoms with Gasteiger partial charge in [0.15, 0.2) is 0 Å². The fourth-order valence-electron chi connectivity index (χ4n) is 6.09. The number of hydrogen-bond acceptors (Lipinski definition) is 3. The third-order valence-electron chi connectivity index (χ3n) is 8.05. The van der Waals surface area contributed by atoms with Gasteiger partial charge in [-0.1, -0.05) is 60.7 Å². The van der Waals surface area contributed by atoms with E-state index in [0.29, 0.717) is 0 Å². The first kappa shape index (κ1) is 22.6. The van der Waals surface area contributed by atoms with E-state index in [9.17, 15) is 0 Å². The van der Waals surface area contributed by atoms with Crippen LogP contribution in [0.2, 0.25) is 0 Å². The Morgan fingerprint density at radius 1 is 0.512 bits per heavy atom. The molecule has 0 aliphatic rings. The first-order valence-electron chi connectivity index (χ1n) is 13.7. The topological polar surface area (TPSA) is 31.0 Å². The van der Waals surface area contributed by atoms with Gasteiger partial charge in [0.1, 0.15) is 16.2 Å². The van der Waals surface area contributed by atoms with Crippen molar-refractivity contribution in [3.05, 3.63) is 133 Å². The Morgan fingerprint density at radius 3 is 2.05 bits per heavy atom. The minimum atomic E-state index is 0.918. The molecule has 41 heavy (non-hydrogen) atoms. The molecule has 0 amide bonds. The Morgan fingerprint density at radius 2 is 1.17 bits per heavy atom. The van der Waals surface area contributed by atoms with Crippen molar-refractivity contribution in [2.24, 2.45) is 0 Å². The van der Waals surface area contributed by atoms with Crippen molar-refractivity contribution in [1.29, 1.82) is 0 Å². The van der Waals surface area contributed by atoms with Gasteiger partial charge in [-0.05, 0) is 83.9 Å². The molecule has 192 valence electrons. The zero-order chi connectivity index (χ0) is 26.9. The van der Waals surface area contributed by atoms with Crippen molar-refractivity contribution < 1.29 is 4.42 Å². The molecular weight excluding hydrogens is 520 g/mol. The van der Waals surface area contributed by atoms with E-state index in [1.54, 1.807) is 11.3 Å². The summed E-state index contributed by atoms with van der Waals surface area (Å²) in [6, 6.07) is 47.3. The summed E-state index contributed by atoms with van der Waals surface area (Å²) in [4.78, 5) is 4.85. The Hall–Kier alpha value is -5.19. The quantitative estimate of drug-likeness (QED) is 0.222. The molecular formula is C37H22N2OS. The van der Waals surface area contributed by atoms with Gasteiger partial charge in [-0.25, -0.2) is 4.98 Å². The molecule has 6 aromatic carbocycles. The highest BCUT2D eigenvalue weighted by molar-refractivity contribution is 7.21. The van der Waals surface area contributed by atoms with E-state index in [-0.39, 0.29) is 0 Å². The van der Waals surface area contributed by atoms with Gasteiger partial charge in [0.25, 0.3) is 0 Å². The van der Waals surface area contributed by atoms with Crippen LogP contribution in [0.4, 0.5) is 0 Å². The number of fused-ring (bicyclic) bond motifs is 7. The monoisotopic (exact) mass is 542 g/mol. The minimum Gasteiger partial charge on any atom is -0.456 e. The maximum absolute atomic E-state index is 6.07. The largest absolute Gasteiger partial charge is 0.456 e. The molecule has 0 N–H and O–H groups in total. The fraction of sp³-hybridized carbons (Fsp3) is 0. The van der Waals surface area contributed by atoms with Crippen LogP contribution < -0.4 is 0 Å². The summed E-state index contributed by atoms with van der Waals surface area (Å²) >= 11 is 1.74. The standard InChI is InChI=1S/C37H22N2OS/c1-4-10-32-27(7-1)29-21-24(25-16-20-35-30(22-25)28-8-2-5-11-34(28)40-35)15-19-33(29)39(32)26-17-13-23(14-18-26)37-38-31-9-3-6-12-36(31)41-37/h1-22H. The minimum absolute atomic E-state index is 0.918. The molecule has 3 aromatic heterocycles. The molecule has 3 heterocycles. The van der Waals surface area contributed by atoms with E-state index >= 15 is 0 Å². The van der Waals surface area contributed by atoms with Crippen molar-refractivity contribution in [2.45, 2.75) is 0 Å². The summed E-state index contributed by atoms with van der Waals surface area (Å²) in [6.45, 7) is 0. The summed E-state index contributed by atoms with van der Waals surface area (Å²) in [7, 11) is 0. The van der Waals surface area contributed by atoms with E-state index < -0.39 is 0 Å². The predicted molar refractivity (Wildman–Crippen MR) is 172 cm³/mol. The van der Waals surface area contributed by atoms with Crippen LogP contribution in [0.3, 0.4) is 0 Å². The first-order valence-corrected chi connectivity index (χ1v) is 14.5. The number of aromatic nitrogens is 2. The van der Waals surface area contributed by atoms with Crippen LogP contribution in [-0.2, 0) is 0 Å². The molecule has 0 atom stereocenters. The molecule has 0 spiro atoms. The number of benzene rings is 6. The van der Waals surface area contributed by atoms with E-state index in [2.05, 4.69) is 120 Å². The highest BCUT2D eigenvalue weighted by Crippen LogP contribution is 2.38. The summed E-state index contributed by atoms with van der Waals surface area (Å²) < 4.78 is 9.65. The lowest BCUT2D eigenvalue weighted by atomic mass is 10.0. The second-order valence-corrected chi connectivity index (χ2v) is 11.5. The van der Waals surface area contributed by atoms with Gasteiger partial charge < -0.3 is 8.98 Å². The van der Waals surface area contributed by atoms with Crippen LogP contribution in [-0.4, -0.2) is 9.55 Å².